The molecule has 5 rings (SSSR count). The summed E-state index contributed by atoms with van der Waals surface area (Å²) in [4.78, 5) is 43.7. The van der Waals surface area contributed by atoms with E-state index in [2.05, 4.69) is 4.99 Å². The van der Waals surface area contributed by atoms with Crippen LogP contribution >= 0.6 is 34.3 Å². The van der Waals surface area contributed by atoms with Crippen molar-refractivity contribution in [3.8, 4) is 11.3 Å². The molecular formula is C26H19ClN2O6S2. The summed E-state index contributed by atoms with van der Waals surface area (Å²) in [6.07, 6.45) is 1.61. The van der Waals surface area contributed by atoms with Gasteiger partial charge >= 0.3 is 11.9 Å². The number of fused-ring (bicyclic) bond motifs is 1. The number of nitrogens with zero attached hydrogens (tertiary/aromatic N) is 2. The topological polar surface area (TPSA) is 111 Å². The van der Waals surface area contributed by atoms with Crippen molar-refractivity contribution in [1.29, 1.82) is 0 Å². The molecule has 4 heterocycles. The van der Waals surface area contributed by atoms with Crippen LogP contribution in [0, 0.1) is 0 Å². The van der Waals surface area contributed by atoms with E-state index in [1.165, 1.54) is 39.4 Å². The Hall–Kier alpha value is -3.73. The lowest BCUT2D eigenvalue weighted by Gasteiger charge is -2.23. The second-order valence-electron chi connectivity index (χ2n) is 8.02. The Bertz CT molecular complexity index is 1740. The molecule has 0 aliphatic carbocycles. The fourth-order valence-corrected chi connectivity index (χ4v) is 6.11. The number of aromatic nitrogens is 1. The number of halogens is 1. The van der Waals surface area contributed by atoms with Crippen LogP contribution in [0.5, 0.6) is 0 Å². The molecule has 1 aliphatic rings. The monoisotopic (exact) mass is 554 g/mol. The Morgan fingerprint density at radius 2 is 2.08 bits per heavy atom. The van der Waals surface area contributed by atoms with Crippen molar-refractivity contribution in [3.05, 3.63) is 100 Å². The van der Waals surface area contributed by atoms with Crippen LogP contribution < -0.4 is 14.9 Å². The summed E-state index contributed by atoms with van der Waals surface area (Å²) in [5.74, 6) is -0.815. The summed E-state index contributed by atoms with van der Waals surface area (Å²) >= 11 is 8.61. The number of rotatable bonds is 6. The van der Waals surface area contributed by atoms with Crippen LogP contribution in [0.15, 0.2) is 73.3 Å². The van der Waals surface area contributed by atoms with E-state index in [1.54, 1.807) is 38.1 Å². The van der Waals surface area contributed by atoms with Crippen LogP contribution in [0.1, 0.15) is 40.9 Å². The number of esters is 1. The molecule has 0 amide bonds. The number of benzene rings is 1. The van der Waals surface area contributed by atoms with E-state index in [1.807, 2.05) is 17.5 Å². The van der Waals surface area contributed by atoms with Crippen molar-refractivity contribution < 1.29 is 23.8 Å². The average molecular weight is 555 g/mol. The van der Waals surface area contributed by atoms with Gasteiger partial charge in [0.25, 0.3) is 5.56 Å². The molecular weight excluding hydrogens is 536 g/mol. The van der Waals surface area contributed by atoms with E-state index in [4.69, 9.17) is 20.8 Å². The first kappa shape index (κ1) is 24.9. The molecule has 188 valence electrons. The zero-order chi connectivity index (χ0) is 26.3. The molecule has 0 saturated heterocycles. The molecule has 4 aromatic rings. The molecule has 37 heavy (non-hydrogen) atoms. The van der Waals surface area contributed by atoms with Gasteiger partial charge in [0.2, 0.25) is 0 Å². The highest BCUT2D eigenvalue weighted by Gasteiger charge is 2.33. The number of hydrogen-bond acceptors (Lipinski definition) is 8. The minimum Gasteiger partial charge on any atom is -0.478 e. The van der Waals surface area contributed by atoms with Gasteiger partial charge in [-0.05, 0) is 55.6 Å². The van der Waals surface area contributed by atoms with E-state index in [0.717, 1.165) is 4.88 Å². The summed E-state index contributed by atoms with van der Waals surface area (Å²) in [6.45, 7) is 3.67. The lowest BCUT2D eigenvalue weighted by Crippen LogP contribution is -2.39. The molecule has 1 aliphatic heterocycles. The third-order valence-corrected chi connectivity index (χ3v) is 7.95. The Morgan fingerprint density at radius 1 is 1.27 bits per heavy atom. The van der Waals surface area contributed by atoms with Crippen LogP contribution in [-0.4, -0.2) is 28.2 Å². The molecule has 0 radical (unpaired) electrons. The van der Waals surface area contributed by atoms with Crippen LogP contribution in [0.3, 0.4) is 0 Å². The quantitative estimate of drug-likeness (QED) is 0.352. The molecule has 1 N–H and O–H groups in total. The predicted molar refractivity (Wildman–Crippen MR) is 141 cm³/mol. The highest BCUT2D eigenvalue weighted by molar-refractivity contribution is 7.10. The maximum Gasteiger partial charge on any atom is 0.338 e. The summed E-state index contributed by atoms with van der Waals surface area (Å²) in [6, 6.07) is 11.1. The van der Waals surface area contributed by atoms with E-state index in [-0.39, 0.29) is 22.8 Å². The van der Waals surface area contributed by atoms with E-state index < -0.39 is 18.0 Å². The van der Waals surface area contributed by atoms with Gasteiger partial charge in [-0.2, -0.15) is 0 Å². The van der Waals surface area contributed by atoms with E-state index in [0.29, 0.717) is 37.7 Å². The smallest absolute Gasteiger partial charge is 0.338 e. The average Bonchev–Trinajstić information content (AvgIpc) is 3.61. The Morgan fingerprint density at radius 3 is 2.78 bits per heavy atom. The van der Waals surface area contributed by atoms with Crippen molar-refractivity contribution in [1.82, 2.24) is 4.57 Å². The summed E-state index contributed by atoms with van der Waals surface area (Å²) in [5.41, 5.74) is 1.03. The number of furan rings is 1. The van der Waals surface area contributed by atoms with Crippen molar-refractivity contribution in [2.24, 2.45) is 4.99 Å². The number of carbonyl (C=O) groups is 2. The third kappa shape index (κ3) is 4.59. The van der Waals surface area contributed by atoms with Crippen molar-refractivity contribution >= 4 is 52.3 Å². The SMILES string of the molecule is CCOC(=O)C1=C(C)N=c2s/c(=C/c3ccc(-c4ccc(Cl)c(C(=O)O)c4)o3)c(=O)n2[C@@H]1c1cccs1. The lowest BCUT2D eigenvalue weighted by molar-refractivity contribution is -0.139. The number of carbonyl (C=O) groups excluding carboxylic acids is 1. The predicted octanol–water partition coefficient (Wildman–Crippen LogP) is 4.47. The largest absolute Gasteiger partial charge is 0.478 e. The van der Waals surface area contributed by atoms with Crippen LogP contribution in [0.25, 0.3) is 17.4 Å². The van der Waals surface area contributed by atoms with Crippen molar-refractivity contribution in [2.75, 3.05) is 6.61 Å². The maximum absolute atomic E-state index is 13.6. The minimum atomic E-state index is -1.14. The molecule has 0 unspecified atom stereocenters. The first-order valence-corrected chi connectivity index (χ1v) is 13.2. The fraction of sp³-hybridized carbons (Fsp3) is 0.154. The van der Waals surface area contributed by atoms with Crippen LogP contribution in [-0.2, 0) is 9.53 Å². The number of carboxylic acid groups (broad SMARTS) is 1. The highest BCUT2D eigenvalue weighted by atomic mass is 35.5. The molecule has 3 aromatic heterocycles. The number of thiophene rings is 1. The number of carboxylic acids is 1. The van der Waals surface area contributed by atoms with Gasteiger partial charge in [0.05, 0.1) is 33.0 Å². The molecule has 0 bridgehead atoms. The van der Waals surface area contributed by atoms with Crippen molar-refractivity contribution in [2.45, 2.75) is 19.9 Å². The standard InChI is InChI=1S/C26H19ClN2O6S2/c1-3-34-25(33)21-13(2)28-26-29(22(21)19-5-4-10-36-19)23(30)20(37-26)12-15-7-9-18(35-15)14-6-8-17(27)16(11-14)24(31)32/h4-12,22H,3H2,1-2H3,(H,31,32)/b20-12+/t22-/m1/s1. The van der Waals surface area contributed by atoms with Gasteiger partial charge in [-0.15, -0.1) is 11.3 Å². The minimum absolute atomic E-state index is 0.0354. The molecule has 0 saturated carbocycles. The zero-order valence-electron chi connectivity index (χ0n) is 19.6. The lowest BCUT2D eigenvalue weighted by atomic mass is 10.0. The first-order chi connectivity index (χ1) is 17.8. The first-order valence-electron chi connectivity index (χ1n) is 11.1. The molecule has 8 nitrogen and oxygen atoms in total. The second kappa shape index (κ2) is 9.97. The third-order valence-electron chi connectivity index (χ3n) is 5.71. The molecule has 0 spiro atoms. The molecule has 0 fully saturated rings. The second-order valence-corrected chi connectivity index (χ2v) is 10.4. The summed E-state index contributed by atoms with van der Waals surface area (Å²) in [5, 5.41) is 11.4. The Balaban J connectivity index is 1.59. The number of aromatic carboxylic acids is 1. The normalized spacial score (nSPS) is 15.4. The number of hydrogen-bond donors (Lipinski definition) is 1. The van der Waals surface area contributed by atoms with Crippen LogP contribution in [0.2, 0.25) is 5.02 Å². The summed E-state index contributed by atoms with van der Waals surface area (Å²) < 4.78 is 13.1. The van der Waals surface area contributed by atoms with E-state index >= 15 is 0 Å². The number of ether oxygens (including phenoxy) is 1. The maximum atomic E-state index is 13.6. The van der Waals surface area contributed by atoms with Gasteiger partial charge in [0.15, 0.2) is 4.80 Å². The van der Waals surface area contributed by atoms with E-state index in [9.17, 15) is 19.5 Å². The molecule has 1 aromatic carbocycles. The zero-order valence-corrected chi connectivity index (χ0v) is 21.9. The van der Waals surface area contributed by atoms with Gasteiger partial charge in [0, 0.05) is 16.5 Å². The number of allylic oxidation sites excluding steroid dienone is 1. The van der Waals surface area contributed by atoms with Gasteiger partial charge in [0.1, 0.15) is 17.6 Å². The fourth-order valence-electron chi connectivity index (χ4n) is 4.06. The van der Waals surface area contributed by atoms with Gasteiger partial charge < -0.3 is 14.3 Å². The molecule has 1 atom stereocenters. The van der Waals surface area contributed by atoms with Crippen molar-refractivity contribution in [3.63, 3.8) is 0 Å². The summed E-state index contributed by atoms with van der Waals surface area (Å²) in [7, 11) is 0. The van der Waals surface area contributed by atoms with Gasteiger partial charge in [-0.1, -0.05) is 29.0 Å². The number of thiazole rings is 1. The van der Waals surface area contributed by atoms with Gasteiger partial charge in [-0.3, -0.25) is 9.36 Å². The Labute approximate surface area is 223 Å². The highest BCUT2D eigenvalue weighted by Crippen LogP contribution is 2.33. The van der Waals surface area contributed by atoms with Gasteiger partial charge in [-0.25, -0.2) is 14.6 Å². The van der Waals surface area contributed by atoms with Crippen LogP contribution in [0.4, 0.5) is 0 Å². The molecule has 11 heteroatoms. The Kier molecular flexibility index (Phi) is 6.72.